The molecule has 0 aromatic heterocycles. The number of hydrogen-bond donors (Lipinski definition) is 1. The summed E-state index contributed by atoms with van der Waals surface area (Å²) < 4.78 is 4.80. The van der Waals surface area contributed by atoms with Gasteiger partial charge < -0.3 is 9.84 Å². The van der Waals surface area contributed by atoms with Crippen molar-refractivity contribution in [2.75, 3.05) is 7.11 Å². The summed E-state index contributed by atoms with van der Waals surface area (Å²) in [6.07, 6.45) is -0.919. The van der Waals surface area contributed by atoms with E-state index in [1.54, 1.807) is 24.3 Å². The van der Waals surface area contributed by atoms with Crippen molar-refractivity contribution in [2.45, 2.75) is 6.10 Å². The Hall–Kier alpha value is -0.0600. The van der Waals surface area contributed by atoms with E-state index in [2.05, 4.69) is 0 Å². The van der Waals surface area contributed by atoms with Crippen molar-refractivity contribution < 1.29 is 44.2 Å². The second-order valence-electron chi connectivity index (χ2n) is 2.51. The summed E-state index contributed by atoms with van der Waals surface area (Å²) in [7, 11) is 1.35. The van der Waals surface area contributed by atoms with Gasteiger partial charge in [-0.15, -0.1) is 0 Å². The molecule has 1 N–H and O–H groups in total. The van der Waals surface area contributed by atoms with E-state index < -0.39 is 12.1 Å². The van der Waals surface area contributed by atoms with Gasteiger partial charge in [0.25, 0.3) is 0 Å². The maximum absolute atomic E-state index is 10.7. The Kier molecular flexibility index (Phi) is 6.40. The molecule has 0 radical (unpaired) electrons. The Labute approximate surface area is 109 Å². The molecule has 14 heavy (non-hydrogen) atoms. The fourth-order valence-corrected chi connectivity index (χ4v) is 1.14. The smallest absolute Gasteiger partial charge is 0.479 e. The van der Waals surface area contributed by atoms with E-state index >= 15 is 0 Å². The van der Waals surface area contributed by atoms with Crippen LogP contribution in [0.2, 0.25) is 5.02 Å². The van der Waals surface area contributed by atoms with E-state index in [1.807, 2.05) is 0 Å². The molecular formula is C9H9ClNaO3+. The average molecular weight is 224 g/mol. The molecule has 0 heterocycles. The zero-order valence-corrected chi connectivity index (χ0v) is 10.8. The summed E-state index contributed by atoms with van der Waals surface area (Å²) >= 11 is 5.65. The van der Waals surface area contributed by atoms with Crippen LogP contribution in [-0.4, -0.2) is 18.2 Å². The Morgan fingerprint density at radius 3 is 2.29 bits per heavy atom. The van der Waals surface area contributed by atoms with Crippen LogP contribution >= 0.6 is 11.6 Å². The molecule has 1 rings (SSSR count). The number of carboxylic acids is 1. The van der Waals surface area contributed by atoms with Crippen LogP contribution in [0.1, 0.15) is 11.7 Å². The Morgan fingerprint density at radius 1 is 1.43 bits per heavy atom. The van der Waals surface area contributed by atoms with Gasteiger partial charge in [0.15, 0.2) is 6.10 Å². The molecule has 0 aliphatic carbocycles. The molecule has 0 aliphatic heterocycles. The molecule has 0 fully saturated rings. The number of carbonyl (C=O) groups is 1. The Morgan fingerprint density at radius 2 is 1.93 bits per heavy atom. The molecule has 0 saturated heterocycles. The molecule has 0 aliphatic rings. The number of aliphatic carboxylic acids is 1. The molecule has 0 spiro atoms. The van der Waals surface area contributed by atoms with Gasteiger partial charge in [-0.1, -0.05) is 23.7 Å². The Balaban J connectivity index is 0.00000169. The molecule has 70 valence electrons. The van der Waals surface area contributed by atoms with Crippen molar-refractivity contribution in [3.05, 3.63) is 34.9 Å². The van der Waals surface area contributed by atoms with E-state index in [4.69, 9.17) is 21.4 Å². The van der Waals surface area contributed by atoms with Crippen molar-refractivity contribution in [3.8, 4) is 0 Å². The van der Waals surface area contributed by atoms with E-state index in [-0.39, 0.29) is 29.6 Å². The predicted octanol–water partition coefficient (Wildman–Crippen LogP) is -0.884. The standard InChI is InChI=1S/C9H9ClO3.Na/c1-13-8(9(11)12)6-2-4-7(10)5-3-6;/h2-5,8H,1H3,(H,11,12);/q;+1. The van der Waals surface area contributed by atoms with E-state index in [0.29, 0.717) is 10.6 Å². The van der Waals surface area contributed by atoms with E-state index in [0.717, 1.165) is 0 Å². The maximum atomic E-state index is 10.7. The fraction of sp³-hybridized carbons (Fsp3) is 0.222. The van der Waals surface area contributed by atoms with Gasteiger partial charge in [0, 0.05) is 12.1 Å². The maximum Gasteiger partial charge on any atom is 1.00 e. The Bertz CT molecular complexity index is 299. The third kappa shape index (κ3) is 3.59. The van der Waals surface area contributed by atoms with Gasteiger partial charge in [-0.3, -0.25) is 0 Å². The molecule has 0 saturated carbocycles. The first-order chi connectivity index (χ1) is 6.15. The second kappa shape index (κ2) is 6.43. The van der Waals surface area contributed by atoms with Crippen LogP contribution in [0.3, 0.4) is 0 Å². The third-order valence-electron chi connectivity index (χ3n) is 1.63. The number of methoxy groups -OCH3 is 1. The van der Waals surface area contributed by atoms with Gasteiger partial charge in [0.2, 0.25) is 0 Å². The molecule has 1 atom stereocenters. The molecule has 0 amide bonds. The topological polar surface area (TPSA) is 46.5 Å². The second-order valence-corrected chi connectivity index (χ2v) is 2.94. The summed E-state index contributed by atoms with van der Waals surface area (Å²) in [5.41, 5.74) is 0.583. The molecule has 5 heteroatoms. The summed E-state index contributed by atoms with van der Waals surface area (Å²) in [4.78, 5) is 10.7. The average Bonchev–Trinajstić information content (AvgIpc) is 2.09. The number of hydrogen-bond acceptors (Lipinski definition) is 2. The van der Waals surface area contributed by atoms with Gasteiger partial charge in [0.05, 0.1) is 0 Å². The van der Waals surface area contributed by atoms with Crippen molar-refractivity contribution in [3.63, 3.8) is 0 Å². The van der Waals surface area contributed by atoms with Gasteiger partial charge in [0.1, 0.15) is 0 Å². The summed E-state index contributed by atoms with van der Waals surface area (Å²) in [5, 5.41) is 9.31. The van der Waals surface area contributed by atoms with E-state index in [9.17, 15) is 4.79 Å². The van der Waals surface area contributed by atoms with Crippen molar-refractivity contribution in [1.29, 1.82) is 0 Å². The largest absolute Gasteiger partial charge is 1.00 e. The van der Waals surface area contributed by atoms with Crippen LogP contribution in [0.5, 0.6) is 0 Å². The normalized spacial score (nSPS) is 11.6. The first-order valence-electron chi connectivity index (χ1n) is 3.66. The number of carboxylic acid groups (broad SMARTS) is 1. The quantitative estimate of drug-likeness (QED) is 0.677. The number of ether oxygens (including phenoxy) is 1. The molecule has 1 aromatic carbocycles. The van der Waals surface area contributed by atoms with Crippen LogP contribution in [0, 0.1) is 0 Å². The van der Waals surface area contributed by atoms with Crippen LogP contribution in [0.25, 0.3) is 0 Å². The van der Waals surface area contributed by atoms with Crippen molar-refractivity contribution in [2.24, 2.45) is 0 Å². The summed E-state index contributed by atoms with van der Waals surface area (Å²) in [6, 6.07) is 6.52. The first-order valence-corrected chi connectivity index (χ1v) is 4.04. The molecule has 3 nitrogen and oxygen atoms in total. The monoisotopic (exact) mass is 223 g/mol. The molecule has 1 unspecified atom stereocenters. The van der Waals surface area contributed by atoms with Crippen LogP contribution in [0.15, 0.2) is 24.3 Å². The van der Waals surface area contributed by atoms with Gasteiger partial charge in [-0.2, -0.15) is 0 Å². The predicted molar refractivity (Wildman–Crippen MR) is 48.8 cm³/mol. The van der Waals surface area contributed by atoms with Crippen LogP contribution in [-0.2, 0) is 9.53 Å². The fourth-order valence-electron chi connectivity index (χ4n) is 1.02. The minimum atomic E-state index is -1.01. The van der Waals surface area contributed by atoms with Gasteiger partial charge >= 0.3 is 35.5 Å². The van der Waals surface area contributed by atoms with Crippen molar-refractivity contribution >= 4 is 17.6 Å². The summed E-state index contributed by atoms with van der Waals surface area (Å²) in [6.45, 7) is 0. The number of benzene rings is 1. The molecule has 1 aromatic rings. The number of rotatable bonds is 3. The zero-order valence-electron chi connectivity index (χ0n) is 8.03. The van der Waals surface area contributed by atoms with Gasteiger partial charge in [-0.25, -0.2) is 4.79 Å². The first kappa shape index (κ1) is 13.9. The van der Waals surface area contributed by atoms with Crippen LogP contribution in [0.4, 0.5) is 0 Å². The SMILES string of the molecule is COC(C(=O)O)c1ccc(Cl)cc1.[Na+]. The summed E-state index contributed by atoms with van der Waals surface area (Å²) in [5.74, 6) is -1.01. The number of halogens is 1. The van der Waals surface area contributed by atoms with Gasteiger partial charge in [-0.05, 0) is 17.7 Å². The van der Waals surface area contributed by atoms with Crippen LogP contribution < -0.4 is 29.6 Å². The molecule has 0 bridgehead atoms. The van der Waals surface area contributed by atoms with Crippen molar-refractivity contribution in [1.82, 2.24) is 0 Å². The zero-order chi connectivity index (χ0) is 9.84. The minimum absolute atomic E-state index is 0. The third-order valence-corrected chi connectivity index (χ3v) is 1.88. The minimum Gasteiger partial charge on any atom is -0.479 e. The molecular weight excluding hydrogens is 215 g/mol. The van der Waals surface area contributed by atoms with E-state index in [1.165, 1.54) is 7.11 Å².